The molecule has 0 spiro atoms. The van der Waals surface area contributed by atoms with Crippen molar-refractivity contribution in [3.8, 4) is 0 Å². The maximum absolute atomic E-state index is 11.2. The number of nitro benzene ring substituents is 2. The Kier molecular flexibility index (Phi) is 5.39. The predicted octanol–water partition coefficient (Wildman–Crippen LogP) is 2.19. The van der Waals surface area contributed by atoms with Crippen molar-refractivity contribution in [3.63, 3.8) is 0 Å². The Bertz CT molecular complexity index is 616. The first-order valence-corrected chi connectivity index (χ1v) is 6.69. The zero-order valence-electron chi connectivity index (χ0n) is 12.4. The van der Waals surface area contributed by atoms with Gasteiger partial charge in [-0.3, -0.25) is 20.2 Å². The Labute approximate surface area is 126 Å². The van der Waals surface area contributed by atoms with E-state index >= 15 is 0 Å². The molecule has 0 aliphatic carbocycles. The van der Waals surface area contributed by atoms with Crippen molar-refractivity contribution in [1.82, 2.24) is 0 Å². The molecule has 9 heteroatoms. The summed E-state index contributed by atoms with van der Waals surface area (Å²) in [5, 5.41) is 33.5. The van der Waals surface area contributed by atoms with E-state index in [9.17, 15) is 30.1 Å². The number of nitrogens with zero attached hydrogens (tertiary/aromatic N) is 3. The number of anilines is 1. The fourth-order valence-corrected chi connectivity index (χ4v) is 2.14. The van der Waals surface area contributed by atoms with Gasteiger partial charge in [-0.1, -0.05) is 13.8 Å². The van der Waals surface area contributed by atoms with Crippen LogP contribution in [0.25, 0.3) is 0 Å². The normalized spacial score (nSPS) is 11.8. The molecule has 1 aromatic carbocycles. The third-order valence-corrected chi connectivity index (χ3v) is 3.46. The summed E-state index contributed by atoms with van der Waals surface area (Å²) in [6.45, 7) is 4.95. The first-order chi connectivity index (χ1) is 10.2. The molecule has 9 nitrogen and oxygen atoms in total. The highest BCUT2D eigenvalue weighted by molar-refractivity contribution is 5.90. The predicted molar refractivity (Wildman–Crippen MR) is 76.9 cm³/mol. The molecule has 1 unspecified atom stereocenters. The summed E-state index contributed by atoms with van der Waals surface area (Å²) in [7, 11) is 0. The van der Waals surface area contributed by atoms with E-state index in [1.807, 2.05) is 0 Å². The lowest BCUT2D eigenvalue weighted by Gasteiger charge is -2.27. The van der Waals surface area contributed by atoms with Crippen molar-refractivity contribution in [3.05, 3.63) is 37.9 Å². The third kappa shape index (κ3) is 3.30. The second-order valence-corrected chi connectivity index (χ2v) is 4.74. The lowest BCUT2D eigenvalue weighted by Crippen LogP contribution is -2.42. The van der Waals surface area contributed by atoms with Crippen molar-refractivity contribution < 1.29 is 19.7 Å². The fourth-order valence-electron chi connectivity index (χ4n) is 2.14. The molecule has 1 atom stereocenters. The van der Waals surface area contributed by atoms with Gasteiger partial charge in [0.05, 0.1) is 15.9 Å². The van der Waals surface area contributed by atoms with E-state index in [0.717, 1.165) is 11.0 Å². The van der Waals surface area contributed by atoms with Crippen molar-refractivity contribution >= 4 is 23.2 Å². The van der Waals surface area contributed by atoms with Crippen LogP contribution in [0.5, 0.6) is 0 Å². The van der Waals surface area contributed by atoms with E-state index in [-0.39, 0.29) is 23.7 Å². The molecule has 0 aliphatic heterocycles. The average molecular weight is 310 g/mol. The number of rotatable bonds is 6. The zero-order chi connectivity index (χ0) is 17.0. The minimum absolute atomic E-state index is 0.0651. The highest BCUT2D eigenvalue weighted by atomic mass is 16.6. The van der Waals surface area contributed by atoms with E-state index in [4.69, 9.17) is 0 Å². The second-order valence-electron chi connectivity index (χ2n) is 4.74. The number of nitro groups is 2. The van der Waals surface area contributed by atoms with E-state index in [2.05, 4.69) is 0 Å². The van der Waals surface area contributed by atoms with Crippen molar-refractivity contribution in [2.75, 3.05) is 11.4 Å². The molecule has 1 aromatic rings. The van der Waals surface area contributed by atoms with Crippen LogP contribution in [0.3, 0.4) is 0 Å². The number of carbonyl (C=O) groups excluding carboxylic acids is 1. The maximum atomic E-state index is 11.2. The lowest BCUT2D eigenvalue weighted by atomic mass is 9.94. The average Bonchev–Trinajstić information content (AvgIpc) is 2.46. The van der Waals surface area contributed by atoms with Gasteiger partial charge in [-0.25, -0.2) is 0 Å². The van der Waals surface area contributed by atoms with Gasteiger partial charge in [0.25, 0.3) is 11.4 Å². The maximum Gasteiger partial charge on any atom is 0.300 e. The quantitative estimate of drug-likeness (QED) is 0.584. The molecule has 0 saturated heterocycles. The largest absolute Gasteiger partial charge is 0.530 e. The summed E-state index contributed by atoms with van der Waals surface area (Å²) in [6.07, 6.45) is -1.06. The third-order valence-electron chi connectivity index (χ3n) is 3.46. The van der Waals surface area contributed by atoms with Gasteiger partial charge in [-0.2, -0.15) is 0 Å². The van der Waals surface area contributed by atoms with E-state index in [1.165, 1.54) is 13.0 Å². The van der Waals surface area contributed by atoms with Crippen LogP contribution in [0, 0.1) is 20.2 Å². The van der Waals surface area contributed by atoms with Crippen LogP contribution in [-0.2, 0) is 0 Å². The van der Waals surface area contributed by atoms with E-state index in [1.54, 1.807) is 13.8 Å². The van der Waals surface area contributed by atoms with Crippen LogP contribution >= 0.6 is 0 Å². The Morgan fingerprint density at radius 1 is 1.23 bits per heavy atom. The number of hydrogen-bond donors (Lipinski definition) is 0. The summed E-state index contributed by atoms with van der Waals surface area (Å²) in [5.41, 5.74) is -0.974. The number of carboxylic acid groups (broad SMARTS) is 1. The second kappa shape index (κ2) is 6.83. The van der Waals surface area contributed by atoms with Gasteiger partial charge in [-0.15, -0.1) is 0 Å². The first kappa shape index (κ1) is 17.3. The fraction of sp³-hybridized carbons (Fsp3) is 0.462. The highest BCUT2D eigenvalue weighted by Gasteiger charge is 2.29. The molecule has 0 fully saturated rings. The van der Waals surface area contributed by atoms with Gasteiger partial charge in [0, 0.05) is 12.6 Å². The Balaban J connectivity index is 3.78. The SMILES string of the molecule is CCC(C)c1cc([N+](=O)[O-])cc([N+](=O)[O-])c1N(CC)C(=O)[O-]. The van der Waals surface area contributed by atoms with Gasteiger partial charge < -0.3 is 14.8 Å². The monoisotopic (exact) mass is 310 g/mol. The first-order valence-electron chi connectivity index (χ1n) is 6.69. The van der Waals surface area contributed by atoms with Crippen LogP contribution in [0.4, 0.5) is 21.9 Å². The smallest absolute Gasteiger partial charge is 0.300 e. The number of benzene rings is 1. The number of non-ortho nitro benzene ring substituents is 1. The van der Waals surface area contributed by atoms with Crippen LogP contribution in [0.1, 0.15) is 38.7 Å². The van der Waals surface area contributed by atoms with Crippen LogP contribution in [0.15, 0.2) is 12.1 Å². The van der Waals surface area contributed by atoms with E-state index in [0.29, 0.717) is 6.42 Å². The van der Waals surface area contributed by atoms with Gasteiger partial charge in [0.15, 0.2) is 0 Å². The van der Waals surface area contributed by atoms with Gasteiger partial charge >= 0.3 is 0 Å². The molecule has 1 rings (SSSR count). The lowest BCUT2D eigenvalue weighted by molar-refractivity contribution is -0.393. The Hall–Kier alpha value is -2.71. The minimum atomic E-state index is -1.59. The number of carbonyl (C=O) groups is 1. The standard InChI is InChI=1S/C13H17N3O6/c1-4-8(3)10-6-9(15(19)20)7-11(16(21)22)12(10)14(5-2)13(17)18/h6-8H,4-5H2,1-3H3,(H,17,18)/p-1. The summed E-state index contributed by atoms with van der Waals surface area (Å²) in [6, 6.07) is 1.95. The molecule has 1 amide bonds. The topological polar surface area (TPSA) is 130 Å². The molecule has 0 heterocycles. The summed E-state index contributed by atoms with van der Waals surface area (Å²) in [5.74, 6) is -0.290. The molecule has 0 N–H and O–H groups in total. The molecule has 22 heavy (non-hydrogen) atoms. The van der Waals surface area contributed by atoms with E-state index < -0.39 is 27.3 Å². The molecule has 0 aliphatic rings. The molecule has 0 radical (unpaired) electrons. The minimum Gasteiger partial charge on any atom is -0.530 e. The van der Waals surface area contributed by atoms with Gasteiger partial charge in [0.2, 0.25) is 0 Å². The van der Waals surface area contributed by atoms with Crippen LogP contribution < -0.4 is 10.0 Å². The Morgan fingerprint density at radius 2 is 1.82 bits per heavy atom. The summed E-state index contributed by atoms with van der Waals surface area (Å²) < 4.78 is 0. The summed E-state index contributed by atoms with van der Waals surface area (Å²) >= 11 is 0. The van der Waals surface area contributed by atoms with Crippen molar-refractivity contribution in [1.29, 1.82) is 0 Å². The molecule has 0 bridgehead atoms. The van der Waals surface area contributed by atoms with Gasteiger partial charge in [0.1, 0.15) is 11.8 Å². The van der Waals surface area contributed by atoms with Crippen LogP contribution in [0.2, 0.25) is 0 Å². The molecular weight excluding hydrogens is 294 g/mol. The molecule has 0 saturated carbocycles. The highest BCUT2D eigenvalue weighted by Crippen LogP contribution is 2.40. The Morgan fingerprint density at radius 3 is 2.18 bits per heavy atom. The van der Waals surface area contributed by atoms with Crippen LogP contribution in [-0.4, -0.2) is 22.5 Å². The molecule has 120 valence electrons. The molecular formula is C13H16N3O6-. The molecule has 0 aromatic heterocycles. The summed E-state index contributed by atoms with van der Waals surface area (Å²) in [4.78, 5) is 32.6. The number of hydrogen-bond acceptors (Lipinski definition) is 6. The van der Waals surface area contributed by atoms with Gasteiger partial charge in [-0.05, 0) is 24.8 Å². The van der Waals surface area contributed by atoms with Crippen molar-refractivity contribution in [2.45, 2.75) is 33.1 Å². The van der Waals surface area contributed by atoms with Crippen molar-refractivity contribution in [2.24, 2.45) is 0 Å². The zero-order valence-corrected chi connectivity index (χ0v) is 12.4. The number of amides is 1.